The summed E-state index contributed by atoms with van der Waals surface area (Å²) in [7, 11) is 0. The molecular formula is C23H28N2O4S. The van der Waals surface area contributed by atoms with Gasteiger partial charge in [-0.1, -0.05) is 25.0 Å². The lowest BCUT2D eigenvalue weighted by Gasteiger charge is -2.24. The number of thiophene rings is 1. The van der Waals surface area contributed by atoms with Crippen LogP contribution in [0, 0.1) is 23.7 Å². The van der Waals surface area contributed by atoms with Crippen molar-refractivity contribution in [3.8, 4) is 0 Å². The summed E-state index contributed by atoms with van der Waals surface area (Å²) in [6, 6.07) is 0.215. The number of anilines is 1. The third-order valence-corrected chi connectivity index (χ3v) is 8.58. The molecule has 2 saturated carbocycles. The molecule has 0 aliphatic heterocycles. The standard InChI is InChI=1S/C23H28N2O4S/c26-20(17-12-9-10-13(11-12)18(17)23(28)29)25-22-19(15-7-3-4-8-16(15)30-22)21(27)24-14-5-1-2-6-14/h9-10,12-14,17-18H,1-8,11H2,(H,24,27)(H,25,26)(H,28,29)/t12-,13-,17+,18+/m0/s1. The van der Waals surface area contributed by atoms with Crippen LogP contribution < -0.4 is 10.6 Å². The zero-order valence-electron chi connectivity index (χ0n) is 17.0. The highest BCUT2D eigenvalue weighted by Gasteiger charge is 2.51. The molecule has 1 aromatic heterocycles. The third kappa shape index (κ3) is 3.37. The third-order valence-electron chi connectivity index (χ3n) is 7.37. The van der Waals surface area contributed by atoms with E-state index in [0.717, 1.165) is 63.4 Å². The fraction of sp³-hybridized carbons (Fsp3) is 0.609. The number of nitrogens with one attached hydrogen (secondary N) is 2. The van der Waals surface area contributed by atoms with Crippen molar-refractivity contribution in [2.75, 3.05) is 5.32 Å². The van der Waals surface area contributed by atoms with Crippen LogP contribution in [-0.4, -0.2) is 28.9 Å². The summed E-state index contributed by atoms with van der Waals surface area (Å²) in [6.45, 7) is 0. The van der Waals surface area contributed by atoms with Gasteiger partial charge in [0.15, 0.2) is 0 Å². The number of aliphatic carboxylic acids is 1. The molecule has 4 aliphatic carbocycles. The molecule has 6 nitrogen and oxygen atoms in total. The molecule has 160 valence electrons. The molecule has 4 atom stereocenters. The smallest absolute Gasteiger partial charge is 0.307 e. The van der Waals surface area contributed by atoms with Crippen LogP contribution in [0.1, 0.15) is 65.7 Å². The highest BCUT2D eigenvalue weighted by Crippen LogP contribution is 2.49. The van der Waals surface area contributed by atoms with Gasteiger partial charge in [-0.3, -0.25) is 14.4 Å². The van der Waals surface area contributed by atoms with E-state index in [1.807, 2.05) is 12.2 Å². The highest BCUT2D eigenvalue weighted by molar-refractivity contribution is 7.17. The van der Waals surface area contributed by atoms with Gasteiger partial charge < -0.3 is 15.7 Å². The Morgan fingerprint density at radius 2 is 1.67 bits per heavy atom. The molecule has 0 aromatic carbocycles. The number of rotatable bonds is 5. The van der Waals surface area contributed by atoms with Gasteiger partial charge in [0.25, 0.3) is 5.91 Å². The van der Waals surface area contributed by atoms with Gasteiger partial charge in [0.2, 0.25) is 5.91 Å². The summed E-state index contributed by atoms with van der Waals surface area (Å²) in [4.78, 5) is 39.4. The lowest BCUT2D eigenvalue weighted by Crippen LogP contribution is -2.37. The number of amides is 2. The summed E-state index contributed by atoms with van der Waals surface area (Å²) in [5.41, 5.74) is 1.71. The summed E-state index contributed by atoms with van der Waals surface area (Å²) in [6.07, 6.45) is 12.9. The monoisotopic (exact) mass is 428 g/mol. The van der Waals surface area contributed by atoms with E-state index < -0.39 is 17.8 Å². The quantitative estimate of drug-likeness (QED) is 0.622. The zero-order valence-corrected chi connectivity index (χ0v) is 17.8. The van der Waals surface area contributed by atoms with Crippen LogP contribution in [0.3, 0.4) is 0 Å². The molecular weight excluding hydrogens is 400 g/mol. The molecule has 0 radical (unpaired) electrons. The minimum atomic E-state index is -0.906. The Morgan fingerprint density at radius 3 is 2.40 bits per heavy atom. The van der Waals surface area contributed by atoms with Crippen molar-refractivity contribution in [3.63, 3.8) is 0 Å². The van der Waals surface area contributed by atoms with Crippen LogP contribution in [0.2, 0.25) is 0 Å². The van der Waals surface area contributed by atoms with Gasteiger partial charge in [-0.2, -0.15) is 0 Å². The Hall–Kier alpha value is -2.15. The predicted molar refractivity (Wildman–Crippen MR) is 115 cm³/mol. The molecule has 3 N–H and O–H groups in total. The Morgan fingerprint density at radius 1 is 0.967 bits per heavy atom. The van der Waals surface area contributed by atoms with E-state index in [-0.39, 0.29) is 29.7 Å². The molecule has 4 aliphatic rings. The van der Waals surface area contributed by atoms with Crippen LogP contribution in [-0.2, 0) is 22.4 Å². The van der Waals surface area contributed by atoms with Gasteiger partial charge in [-0.25, -0.2) is 0 Å². The number of carboxylic acid groups (broad SMARTS) is 1. The summed E-state index contributed by atoms with van der Waals surface area (Å²) >= 11 is 1.51. The first-order valence-electron chi connectivity index (χ1n) is 11.2. The number of carboxylic acids is 1. The van der Waals surface area contributed by atoms with Gasteiger partial charge in [-0.05, 0) is 62.3 Å². The maximum atomic E-state index is 13.2. The van der Waals surface area contributed by atoms with Gasteiger partial charge in [0.05, 0.1) is 17.4 Å². The van der Waals surface area contributed by atoms with Crippen molar-refractivity contribution in [2.45, 2.75) is 63.8 Å². The number of aryl methyl sites for hydroxylation is 1. The van der Waals surface area contributed by atoms with E-state index in [4.69, 9.17) is 0 Å². The molecule has 5 rings (SSSR count). The minimum Gasteiger partial charge on any atom is -0.481 e. The molecule has 1 heterocycles. The topological polar surface area (TPSA) is 95.5 Å². The van der Waals surface area contributed by atoms with Gasteiger partial charge in [0.1, 0.15) is 5.00 Å². The number of carbonyl (C=O) groups excluding carboxylic acids is 2. The van der Waals surface area contributed by atoms with E-state index in [0.29, 0.717) is 10.6 Å². The normalized spacial score (nSPS) is 29.7. The zero-order chi connectivity index (χ0) is 20.8. The van der Waals surface area contributed by atoms with Gasteiger partial charge >= 0.3 is 5.97 Å². The number of hydrogen-bond donors (Lipinski definition) is 3. The first-order valence-corrected chi connectivity index (χ1v) is 12.0. The van der Waals surface area contributed by atoms with E-state index >= 15 is 0 Å². The van der Waals surface area contributed by atoms with Gasteiger partial charge in [0, 0.05) is 10.9 Å². The lowest BCUT2D eigenvalue weighted by molar-refractivity contribution is -0.146. The summed E-state index contributed by atoms with van der Waals surface area (Å²) < 4.78 is 0. The highest BCUT2D eigenvalue weighted by atomic mass is 32.1. The van der Waals surface area contributed by atoms with Crippen molar-refractivity contribution >= 4 is 34.1 Å². The number of hydrogen-bond acceptors (Lipinski definition) is 4. The lowest BCUT2D eigenvalue weighted by atomic mass is 9.82. The van der Waals surface area contributed by atoms with E-state index in [1.54, 1.807) is 0 Å². The second kappa shape index (κ2) is 7.84. The van der Waals surface area contributed by atoms with E-state index in [2.05, 4.69) is 10.6 Å². The van der Waals surface area contributed by atoms with E-state index in [1.165, 1.54) is 16.2 Å². The second-order valence-electron chi connectivity index (χ2n) is 9.20. The van der Waals surface area contributed by atoms with Crippen molar-refractivity contribution in [1.29, 1.82) is 0 Å². The van der Waals surface area contributed by atoms with Crippen molar-refractivity contribution in [1.82, 2.24) is 5.32 Å². The van der Waals surface area contributed by atoms with Crippen LogP contribution in [0.4, 0.5) is 5.00 Å². The van der Waals surface area contributed by atoms with E-state index in [9.17, 15) is 19.5 Å². The Bertz CT molecular complexity index is 915. The molecule has 0 saturated heterocycles. The fourth-order valence-corrected chi connectivity index (χ4v) is 7.22. The summed E-state index contributed by atoms with van der Waals surface area (Å²) in [5.74, 6) is -2.58. The maximum absolute atomic E-state index is 13.2. The molecule has 2 amide bonds. The second-order valence-corrected chi connectivity index (χ2v) is 10.3. The molecule has 7 heteroatoms. The number of carbonyl (C=O) groups is 3. The first kappa shape index (κ1) is 19.8. The van der Waals surface area contributed by atoms with Crippen molar-refractivity contribution in [2.24, 2.45) is 23.7 Å². The predicted octanol–water partition coefficient (Wildman–Crippen LogP) is 3.76. The molecule has 0 spiro atoms. The van der Waals surface area contributed by atoms with Crippen LogP contribution in [0.5, 0.6) is 0 Å². The molecule has 1 aromatic rings. The van der Waals surface area contributed by atoms with Crippen LogP contribution in [0.25, 0.3) is 0 Å². The largest absolute Gasteiger partial charge is 0.481 e. The molecule has 0 unspecified atom stereocenters. The SMILES string of the molecule is O=C(NC1CCCC1)c1c(NC(=O)[C@H]2[C@H](C(=O)O)[C@H]3C=C[C@H]2C3)sc2c1CCCC2. The minimum absolute atomic E-state index is 0.0264. The average Bonchev–Trinajstić information content (AvgIpc) is 3.50. The molecule has 2 bridgehead atoms. The fourth-order valence-electron chi connectivity index (χ4n) is 5.93. The van der Waals surface area contributed by atoms with Crippen LogP contribution in [0.15, 0.2) is 12.2 Å². The number of fused-ring (bicyclic) bond motifs is 3. The van der Waals surface area contributed by atoms with Crippen LogP contribution >= 0.6 is 11.3 Å². The summed E-state index contributed by atoms with van der Waals surface area (Å²) in [5, 5.41) is 16.5. The van der Waals surface area contributed by atoms with Crippen molar-refractivity contribution in [3.05, 3.63) is 28.2 Å². The first-order chi connectivity index (χ1) is 14.5. The molecule has 2 fully saturated rings. The van der Waals surface area contributed by atoms with Gasteiger partial charge in [-0.15, -0.1) is 11.3 Å². The van der Waals surface area contributed by atoms with Crippen molar-refractivity contribution < 1.29 is 19.5 Å². The maximum Gasteiger partial charge on any atom is 0.307 e. The molecule has 30 heavy (non-hydrogen) atoms. The Balaban J connectivity index is 1.42. The Labute approximate surface area is 180 Å². The average molecular weight is 429 g/mol. The Kier molecular flexibility index (Phi) is 5.17. The number of allylic oxidation sites excluding steroid dienone is 2.